The van der Waals surface area contributed by atoms with Gasteiger partial charge in [-0.2, -0.15) is 0 Å². The van der Waals surface area contributed by atoms with Crippen molar-refractivity contribution < 1.29 is 5.11 Å². The molecule has 0 fully saturated rings. The first-order valence-electron chi connectivity index (χ1n) is 5.51. The molecule has 0 radical (unpaired) electrons. The smallest absolute Gasteiger partial charge is 0.0934 e. The summed E-state index contributed by atoms with van der Waals surface area (Å²) >= 11 is 0. The molecule has 0 aromatic rings. The molecule has 1 aliphatic rings. The van der Waals surface area contributed by atoms with E-state index in [0.717, 1.165) is 12.8 Å². The lowest BCUT2D eigenvalue weighted by molar-refractivity contribution is 0.254. The van der Waals surface area contributed by atoms with Crippen molar-refractivity contribution in [2.45, 2.75) is 45.1 Å². The maximum absolute atomic E-state index is 9.84. The molecule has 1 unspecified atom stereocenters. The van der Waals surface area contributed by atoms with Crippen LogP contribution in [0, 0.1) is 0 Å². The van der Waals surface area contributed by atoms with Crippen molar-refractivity contribution >= 4 is 0 Å². The molecule has 0 saturated carbocycles. The molecule has 0 heterocycles. The van der Waals surface area contributed by atoms with Gasteiger partial charge in [-0.25, -0.2) is 0 Å². The second-order valence-corrected chi connectivity index (χ2v) is 3.73. The minimum absolute atomic E-state index is 0.371. The van der Waals surface area contributed by atoms with Crippen molar-refractivity contribution in [3.63, 3.8) is 0 Å². The Balaban J connectivity index is 2.49. The van der Waals surface area contributed by atoms with Gasteiger partial charge in [0, 0.05) is 0 Å². The standard InChI is InChI=1S/C13H20O/c1-2-3-6-11-13(14)12-9-7-4-5-8-10-12/h2-3,6,9,11,13-14H,4-5,7-8,10H2,1H3/b3-2+,11-6+. The summed E-state index contributed by atoms with van der Waals surface area (Å²) in [5.74, 6) is 0. The van der Waals surface area contributed by atoms with E-state index in [1.807, 2.05) is 31.2 Å². The molecule has 0 aromatic heterocycles. The Morgan fingerprint density at radius 1 is 1.29 bits per heavy atom. The Bertz CT molecular complexity index is 236. The van der Waals surface area contributed by atoms with Crippen LogP contribution in [0.15, 0.2) is 36.0 Å². The summed E-state index contributed by atoms with van der Waals surface area (Å²) in [6, 6.07) is 0. The van der Waals surface area contributed by atoms with Crippen LogP contribution in [0.3, 0.4) is 0 Å². The zero-order valence-corrected chi connectivity index (χ0v) is 8.95. The summed E-state index contributed by atoms with van der Waals surface area (Å²) in [6.07, 6.45) is 15.5. The molecule has 1 N–H and O–H groups in total. The van der Waals surface area contributed by atoms with Gasteiger partial charge in [0.1, 0.15) is 0 Å². The fourth-order valence-corrected chi connectivity index (χ4v) is 1.71. The number of aliphatic hydroxyl groups excluding tert-OH is 1. The van der Waals surface area contributed by atoms with E-state index in [-0.39, 0.29) is 6.10 Å². The third-order valence-corrected chi connectivity index (χ3v) is 2.55. The average Bonchev–Trinajstić information content (AvgIpc) is 2.46. The average molecular weight is 192 g/mol. The summed E-state index contributed by atoms with van der Waals surface area (Å²) in [5.41, 5.74) is 1.20. The fourth-order valence-electron chi connectivity index (χ4n) is 1.71. The third kappa shape index (κ3) is 3.93. The number of aliphatic hydroxyl groups is 1. The number of hydrogen-bond acceptors (Lipinski definition) is 1. The first kappa shape index (κ1) is 11.3. The molecule has 0 aromatic carbocycles. The van der Waals surface area contributed by atoms with Crippen LogP contribution in [0.2, 0.25) is 0 Å². The Labute approximate surface area is 86.8 Å². The monoisotopic (exact) mass is 192 g/mol. The highest BCUT2D eigenvalue weighted by molar-refractivity contribution is 5.18. The second-order valence-electron chi connectivity index (χ2n) is 3.73. The Morgan fingerprint density at radius 2 is 2.14 bits per heavy atom. The van der Waals surface area contributed by atoms with Gasteiger partial charge >= 0.3 is 0 Å². The molecule has 0 amide bonds. The van der Waals surface area contributed by atoms with Gasteiger partial charge in [-0.3, -0.25) is 0 Å². The molecular formula is C13H20O. The minimum atomic E-state index is -0.371. The quantitative estimate of drug-likeness (QED) is 0.537. The van der Waals surface area contributed by atoms with Gasteiger partial charge < -0.3 is 5.11 Å². The maximum Gasteiger partial charge on any atom is 0.0934 e. The normalized spacial score (nSPS) is 21.1. The van der Waals surface area contributed by atoms with Crippen molar-refractivity contribution in [2.75, 3.05) is 0 Å². The van der Waals surface area contributed by atoms with Crippen LogP contribution in [0.4, 0.5) is 0 Å². The first-order valence-corrected chi connectivity index (χ1v) is 5.51. The van der Waals surface area contributed by atoms with E-state index in [1.165, 1.54) is 24.8 Å². The maximum atomic E-state index is 9.84. The summed E-state index contributed by atoms with van der Waals surface area (Å²) in [7, 11) is 0. The number of rotatable bonds is 3. The first-order chi connectivity index (χ1) is 6.84. The highest BCUT2D eigenvalue weighted by Crippen LogP contribution is 2.20. The van der Waals surface area contributed by atoms with Gasteiger partial charge in [0.05, 0.1) is 6.10 Å². The van der Waals surface area contributed by atoms with Gasteiger partial charge in [0.2, 0.25) is 0 Å². The van der Waals surface area contributed by atoms with Crippen LogP contribution < -0.4 is 0 Å². The molecule has 78 valence electrons. The van der Waals surface area contributed by atoms with Gasteiger partial charge in [-0.05, 0) is 38.2 Å². The van der Waals surface area contributed by atoms with Crippen molar-refractivity contribution in [1.29, 1.82) is 0 Å². The van der Waals surface area contributed by atoms with Crippen molar-refractivity contribution in [2.24, 2.45) is 0 Å². The van der Waals surface area contributed by atoms with Gasteiger partial charge in [-0.15, -0.1) is 0 Å². The van der Waals surface area contributed by atoms with Crippen LogP contribution in [0.1, 0.15) is 39.0 Å². The van der Waals surface area contributed by atoms with Gasteiger partial charge in [-0.1, -0.05) is 36.8 Å². The highest BCUT2D eigenvalue weighted by atomic mass is 16.3. The molecule has 0 spiro atoms. The molecule has 1 rings (SSSR count). The molecule has 0 aliphatic heterocycles. The third-order valence-electron chi connectivity index (χ3n) is 2.55. The largest absolute Gasteiger partial charge is 0.385 e. The van der Waals surface area contributed by atoms with Crippen molar-refractivity contribution in [3.8, 4) is 0 Å². The van der Waals surface area contributed by atoms with Crippen LogP contribution in [0.25, 0.3) is 0 Å². The molecule has 1 heteroatoms. The Hall–Kier alpha value is -0.820. The molecule has 1 aliphatic carbocycles. The highest BCUT2D eigenvalue weighted by Gasteiger charge is 2.08. The number of hydrogen-bond donors (Lipinski definition) is 1. The van der Waals surface area contributed by atoms with E-state index in [4.69, 9.17) is 0 Å². The molecular weight excluding hydrogens is 172 g/mol. The predicted molar refractivity (Wildman–Crippen MR) is 61.1 cm³/mol. The van der Waals surface area contributed by atoms with E-state index in [9.17, 15) is 5.11 Å². The molecule has 14 heavy (non-hydrogen) atoms. The summed E-state index contributed by atoms with van der Waals surface area (Å²) in [4.78, 5) is 0. The SMILES string of the molecule is C/C=C/C=C/C(O)C1=CCCCCC1. The lowest BCUT2D eigenvalue weighted by Crippen LogP contribution is -2.05. The second kappa shape index (κ2) is 6.61. The Kier molecular flexibility index (Phi) is 5.31. The van der Waals surface area contributed by atoms with E-state index < -0.39 is 0 Å². The molecule has 1 nitrogen and oxygen atoms in total. The van der Waals surface area contributed by atoms with Crippen LogP contribution in [-0.4, -0.2) is 11.2 Å². The van der Waals surface area contributed by atoms with E-state index in [2.05, 4.69) is 6.08 Å². The summed E-state index contributed by atoms with van der Waals surface area (Å²) < 4.78 is 0. The lowest BCUT2D eigenvalue weighted by Gasteiger charge is -2.08. The van der Waals surface area contributed by atoms with E-state index in [1.54, 1.807) is 0 Å². The minimum Gasteiger partial charge on any atom is -0.385 e. The Morgan fingerprint density at radius 3 is 2.93 bits per heavy atom. The topological polar surface area (TPSA) is 20.2 Å². The molecule has 0 saturated heterocycles. The predicted octanol–water partition coefficient (Wildman–Crippen LogP) is 3.37. The van der Waals surface area contributed by atoms with E-state index in [0.29, 0.717) is 0 Å². The van der Waals surface area contributed by atoms with E-state index >= 15 is 0 Å². The zero-order chi connectivity index (χ0) is 10.2. The molecule has 1 atom stereocenters. The van der Waals surface area contributed by atoms with Crippen molar-refractivity contribution in [1.82, 2.24) is 0 Å². The summed E-state index contributed by atoms with van der Waals surface area (Å²) in [5, 5.41) is 9.84. The van der Waals surface area contributed by atoms with Gasteiger partial charge in [0.25, 0.3) is 0 Å². The number of allylic oxidation sites excluding steroid dienone is 4. The van der Waals surface area contributed by atoms with Gasteiger partial charge in [0.15, 0.2) is 0 Å². The van der Waals surface area contributed by atoms with Crippen LogP contribution in [-0.2, 0) is 0 Å². The molecule has 0 bridgehead atoms. The summed E-state index contributed by atoms with van der Waals surface area (Å²) in [6.45, 7) is 1.97. The lowest BCUT2D eigenvalue weighted by atomic mass is 10.0. The fraction of sp³-hybridized carbons (Fsp3) is 0.538. The van der Waals surface area contributed by atoms with Crippen molar-refractivity contribution in [3.05, 3.63) is 36.0 Å². The zero-order valence-electron chi connectivity index (χ0n) is 8.95. The van der Waals surface area contributed by atoms with Crippen LogP contribution >= 0.6 is 0 Å². The van der Waals surface area contributed by atoms with Crippen LogP contribution in [0.5, 0.6) is 0 Å².